The molecule has 1 saturated heterocycles. The number of guanidine groups is 1. The first kappa shape index (κ1) is 20.2. The van der Waals surface area contributed by atoms with Crippen molar-refractivity contribution < 1.29 is 9.84 Å². The lowest BCUT2D eigenvalue weighted by molar-refractivity contribution is 0.375. The van der Waals surface area contributed by atoms with E-state index < -0.39 is 0 Å². The van der Waals surface area contributed by atoms with Crippen LogP contribution in [0.4, 0.5) is 0 Å². The second-order valence-corrected chi connectivity index (χ2v) is 7.73. The maximum absolute atomic E-state index is 9.96. The van der Waals surface area contributed by atoms with Crippen molar-refractivity contribution in [1.29, 1.82) is 0 Å². The highest BCUT2D eigenvalue weighted by atomic mass is 127. The lowest BCUT2D eigenvalue weighted by atomic mass is 10.2. The van der Waals surface area contributed by atoms with Gasteiger partial charge in [-0.25, -0.2) is 0 Å². The summed E-state index contributed by atoms with van der Waals surface area (Å²) in [7, 11) is 3.42. The molecule has 1 fully saturated rings. The van der Waals surface area contributed by atoms with Crippen LogP contribution in [0.3, 0.4) is 0 Å². The van der Waals surface area contributed by atoms with Crippen LogP contribution in [0.5, 0.6) is 11.5 Å². The van der Waals surface area contributed by atoms with E-state index in [1.165, 1.54) is 0 Å². The molecule has 1 aromatic carbocycles. The summed E-state index contributed by atoms with van der Waals surface area (Å²) in [6, 6.07) is 5.24. The van der Waals surface area contributed by atoms with E-state index in [2.05, 4.69) is 29.1 Å². The standard InChI is InChI=1S/C16H25N3O2S.HI/c1-16(2)11-19(7-8-22-16)15(17-3)18-10-12-9-13(21-4)5-6-14(12)20;/h5-6,9,20H,7-8,10-11H2,1-4H3,(H,17,18);1H. The summed E-state index contributed by atoms with van der Waals surface area (Å²) in [5, 5.41) is 13.3. The number of hydrogen-bond acceptors (Lipinski definition) is 4. The number of benzene rings is 1. The van der Waals surface area contributed by atoms with Gasteiger partial charge >= 0.3 is 0 Å². The molecule has 7 heteroatoms. The molecule has 23 heavy (non-hydrogen) atoms. The quantitative estimate of drug-likeness (QED) is 0.421. The summed E-state index contributed by atoms with van der Waals surface area (Å²) >= 11 is 1.99. The van der Waals surface area contributed by atoms with Crippen molar-refractivity contribution in [2.75, 3.05) is 33.0 Å². The van der Waals surface area contributed by atoms with Gasteiger partial charge in [0.05, 0.1) is 7.11 Å². The Kier molecular flexibility index (Phi) is 7.79. The van der Waals surface area contributed by atoms with Crippen LogP contribution in [-0.4, -0.2) is 53.7 Å². The number of methoxy groups -OCH3 is 1. The molecule has 0 radical (unpaired) electrons. The number of phenols is 1. The van der Waals surface area contributed by atoms with Gasteiger partial charge in [-0.3, -0.25) is 4.99 Å². The van der Waals surface area contributed by atoms with Crippen molar-refractivity contribution in [3.05, 3.63) is 23.8 Å². The minimum absolute atomic E-state index is 0. The van der Waals surface area contributed by atoms with Gasteiger partial charge < -0.3 is 20.1 Å². The Morgan fingerprint density at radius 1 is 1.48 bits per heavy atom. The molecule has 0 atom stereocenters. The number of aromatic hydroxyl groups is 1. The number of halogens is 1. The van der Waals surface area contributed by atoms with Gasteiger partial charge in [0, 0.05) is 42.7 Å². The van der Waals surface area contributed by atoms with Crippen molar-refractivity contribution in [3.8, 4) is 11.5 Å². The lowest BCUT2D eigenvalue weighted by Gasteiger charge is -2.39. The predicted molar refractivity (Wildman–Crippen MR) is 108 cm³/mol. The summed E-state index contributed by atoms with van der Waals surface area (Å²) in [5.41, 5.74) is 0.797. The van der Waals surface area contributed by atoms with Gasteiger partial charge in [0.25, 0.3) is 0 Å². The van der Waals surface area contributed by atoms with Crippen molar-refractivity contribution in [1.82, 2.24) is 10.2 Å². The van der Waals surface area contributed by atoms with Crippen molar-refractivity contribution >= 4 is 41.7 Å². The van der Waals surface area contributed by atoms with E-state index in [1.807, 2.05) is 17.8 Å². The normalized spacial score (nSPS) is 17.4. The van der Waals surface area contributed by atoms with Crippen LogP contribution in [0.2, 0.25) is 0 Å². The molecular formula is C16H26IN3O2S. The summed E-state index contributed by atoms with van der Waals surface area (Å²) in [4.78, 5) is 6.65. The second-order valence-electron chi connectivity index (χ2n) is 5.93. The summed E-state index contributed by atoms with van der Waals surface area (Å²) < 4.78 is 5.43. The molecule has 1 aromatic rings. The van der Waals surface area contributed by atoms with Crippen LogP contribution in [0.15, 0.2) is 23.2 Å². The topological polar surface area (TPSA) is 57.1 Å². The molecule has 2 rings (SSSR count). The number of thioether (sulfide) groups is 1. The van der Waals surface area contributed by atoms with E-state index in [0.717, 1.165) is 36.1 Å². The van der Waals surface area contributed by atoms with E-state index in [4.69, 9.17) is 4.74 Å². The zero-order chi connectivity index (χ0) is 16.2. The highest BCUT2D eigenvalue weighted by Gasteiger charge is 2.28. The first-order valence-corrected chi connectivity index (χ1v) is 8.39. The zero-order valence-electron chi connectivity index (χ0n) is 14.1. The number of nitrogens with zero attached hydrogens (tertiary/aromatic N) is 2. The SMILES string of the molecule is CN=C(NCc1cc(OC)ccc1O)N1CCSC(C)(C)C1.I. The van der Waals surface area contributed by atoms with Crippen molar-refractivity contribution in [2.45, 2.75) is 25.1 Å². The third-order valence-electron chi connectivity index (χ3n) is 3.66. The zero-order valence-corrected chi connectivity index (χ0v) is 17.3. The lowest BCUT2D eigenvalue weighted by Crippen LogP contribution is -2.50. The number of phenolic OH excluding ortho intramolecular Hbond substituents is 1. The van der Waals surface area contributed by atoms with E-state index in [1.54, 1.807) is 26.3 Å². The van der Waals surface area contributed by atoms with Crippen LogP contribution in [0, 0.1) is 0 Å². The molecule has 0 aromatic heterocycles. The Bertz CT molecular complexity index is 552. The minimum atomic E-state index is 0. The number of nitrogens with one attached hydrogen (secondary N) is 1. The monoisotopic (exact) mass is 451 g/mol. The van der Waals surface area contributed by atoms with Gasteiger partial charge in [-0.05, 0) is 32.0 Å². The molecule has 2 N–H and O–H groups in total. The molecule has 5 nitrogen and oxygen atoms in total. The highest BCUT2D eigenvalue weighted by Crippen LogP contribution is 2.29. The Morgan fingerprint density at radius 3 is 2.83 bits per heavy atom. The first-order valence-electron chi connectivity index (χ1n) is 7.40. The predicted octanol–water partition coefficient (Wildman–Crippen LogP) is 2.92. The van der Waals surface area contributed by atoms with Gasteiger partial charge in [-0.15, -0.1) is 24.0 Å². The van der Waals surface area contributed by atoms with Gasteiger partial charge in [0.15, 0.2) is 5.96 Å². The van der Waals surface area contributed by atoms with E-state index in [-0.39, 0.29) is 34.5 Å². The Labute approximate surface area is 159 Å². The van der Waals surface area contributed by atoms with Crippen LogP contribution in [0.25, 0.3) is 0 Å². The number of ether oxygens (including phenoxy) is 1. The maximum Gasteiger partial charge on any atom is 0.193 e. The Hall–Kier alpha value is -0.830. The maximum atomic E-state index is 9.96. The summed E-state index contributed by atoms with van der Waals surface area (Å²) in [5.74, 6) is 2.96. The fourth-order valence-corrected chi connectivity index (χ4v) is 3.65. The van der Waals surface area contributed by atoms with Gasteiger partial charge in [0.2, 0.25) is 0 Å². The van der Waals surface area contributed by atoms with E-state index in [9.17, 15) is 5.11 Å². The summed E-state index contributed by atoms with van der Waals surface area (Å²) in [6.45, 7) is 6.97. The fourth-order valence-electron chi connectivity index (χ4n) is 2.53. The highest BCUT2D eigenvalue weighted by molar-refractivity contribution is 14.0. The van der Waals surface area contributed by atoms with Crippen molar-refractivity contribution in [2.24, 2.45) is 4.99 Å². The van der Waals surface area contributed by atoms with E-state index >= 15 is 0 Å². The molecule has 130 valence electrons. The number of aliphatic imine (C=N–C) groups is 1. The fraction of sp³-hybridized carbons (Fsp3) is 0.562. The van der Waals surface area contributed by atoms with Crippen molar-refractivity contribution in [3.63, 3.8) is 0 Å². The third kappa shape index (κ3) is 5.63. The van der Waals surface area contributed by atoms with Crippen LogP contribution in [0.1, 0.15) is 19.4 Å². The van der Waals surface area contributed by atoms with Gasteiger partial charge in [0.1, 0.15) is 11.5 Å². The molecule has 0 aliphatic carbocycles. The molecule has 0 unspecified atom stereocenters. The smallest absolute Gasteiger partial charge is 0.193 e. The molecule has 0 saturated carbocycles. The average Bonchev–Trinajstić information content (AvgIpc) is 2.48. The second kappa shape index (κ2) is 8.86. The van der Waals surface area contributed by atoms with Crippen LogP contribution in [-0.2, 0) is 6.54 Å². The van der Waals surface area contributed by atoms with E-state index in [0.29, 0.717) is 6.54 Å². The minimum Gasteiger partial charge on any atom is -0.508 e. The molecular weight excluding hydrogens is 425 g/mol. The van der Waals surface area contributed by atoms with Gasteiger partial charge in [-0.1, -0.05) is 0 Å². The third-order valence-corrected chi connectivity index (χ3v) is 4.96. The summed E-state index contributed by atoms with van der Waals surface area (Å²) in [6.07, 6.45) is 0. The Morgan fingerprint density at radius 2 is 2.22 bits per heavy atom. The number of rotatable bonds is 3. The largest absolute Gasteiger partial charge is 0.508 e. The Balaban J connectivity index is 0.00000264. The average molecular weight is 451 g/mol. The van der Waals surface area contributed by atoms with Crippen LogP contribution >= 0.6 is 35.7 Å². The molecule has 1 heterocycles. The molecule has 0 amide bonds. The molecule has 1 aliphatic rings. The molecule has 0 bridgehead atoms. The first-order chi connectivity index (χ1) is 10.4. The number of hydrogen-bond donors (Lipinski definition) is 2. The molecule has 0 spiro atoms. The van der Waals surface area contributed by atoms with Gasteiger partial charge in [-0.2, -0.15) is 11.8 Å². The van der Waals surface area contributed by atoms with Crippen LogP contribution < -0.4 is 10.1 Å². The molecule has 1 aliphatic heterocycles.